The molecule has 0 aliphatic carbocycles. The zero-order valence-corrected chi connectivity index (χ0v) is 13.0. The molecule has 0 atom stereocenters. The second-order valence-electron chi connectivity index (χ2n) is 4.95. The SMILES string of the molecule is CN(CCCOc1ccccc1CN)CCS(C)(=O)=O. The van der Waals surface area contributed by atoms with Crippen LogP contribution in [0.4, 0.5) is 0 Å². The highest BCUT2D eigenvalue weighted by Gasteiger charge is 2.06. The van der Waals surface area contributed by atoms with Crippen LogP contribution in [0.2, 0.25) is 0 Å². The molecule has 20 heavy (non-hydrogen) atoms. The van der Waals surface area contributed by atoms with Crippen LogP contribution in [-0.4, -0.2) is 52.1 Å². The quantitative estimate of drug-likeness (QED) is 0.686. The maximum absolute atomic E-state index is 11.1. The molecule has 2 N–H and O–H groups in total. The minimum Gasteiger partial charge on any atom is -0.493 e. The molecule has 1 aromatic rings. The Kier molecular flexibility index (Phi) is 6.98. The Morgan fingerprint density at radius 2 is 1.95 bits per heavy atom. The van der Waals surface area contributed by atoms with Gasteiger partial charge in [-0.3, -0.25) is 0 Å². The summed E-state index contributed by atoms with van der Waals surface area (Å²) in [6.07, 6.45) is 2.10. The number of nitrogens with two attached hydrogens (primary N) is 1. The molecule has 0 aliphatic heterocycles. The molecule has 0 radical (unpaired) electrons. The zero-order chi connectivity index (χ0) is 15.0. The van der Waals surface area contributed by atoms with Crippen LogP contribution in [0.3, 0.4) is 0 Å². The fraction of sp³-hybridized carbons (Fsp3) is 0.571. The molecule has 0 heterocycles. The van der Waals surface area contributed by atoms with Crippen molar-refractivity contribution in [2.75, 3.05) is 38.8 Å². The van der Waals surface area contributed by atoms with Gasteiger partial charge in [0.15, 0.2) is 0 Å². The summed E-state index contributed by atoms with van der Waals surface area (Å²) in [5.41, 5.74) is 6.64. The van der Waals surface area contributed by atoms with E-state index in [1.54, 1.807) is 0 Å². The number of hydrogen-bond acceptors (Lipinski definition) is 5. The van der Waals surface area contributed by atoms with E-state index in [0.29, 0.717) is 19.7 Å². The van der Waals surface area contributed by atoms with Gasteiger partial charge in [-0.05, 0) is 19.5 Å². The van der Waals surface area contributed by atoms with Gasteiger partial charge in [0.25, 0.3) is 0 Å². The average Bonchev–Trinajstić information content (AvgIpc) is 2.41. The molecule has 1 aromatic carbocycles. The van der Waals surface area contributed by atoms with Gasteiger partial charge in [-0.2, -0.15) is 0 Å². The Labute approximate surface area is 121 Å². The van der Waals surface area contributed by atoms with E-state index in [1.807, 2.05) is 36.2 Å². The molecule has 0 unspecified atom stereocenters. The Hall–Kier alpha value is -1.11. The molecule has 0 aromatic heterocycles. The Morgan fingerprint density at radius 1 is 1.25 bits per heavy atom. The summed E-state index contributed by atoms with van der Waals surface area (Å²) < 4.78 is 27.8. The first-order chi connectivity index (χ1) is 9.42. The number of rotatable bonds is 9. The van der Waals surface area contributed by atoms with Crippen LogP contribution in [0.25, 0.3) is 0 Å². The lowest BCUT2D eigenvalue weighted by atomic mass is 10.2. The van der Waals surface area contributed by atoms with Gasteiger partial charge in [0.1, 0.15) is 15.6 Å². The van der Waals surface area contributed by atoms with Gasteiger partial charge in [0.05, 0.1) is 12.4 Å². The van der Waals surface area contributed by atoms with Crippen molar-refractivity contribution < 1.29 is 13.2 Å². The Balaban J connectivity index is 2.24. The van der Waals surface area contributed by atoms with E-state index in [-0.39, 0.29) is 5.75 Å². The zero-order valence-electron chi connectivity index (χ0n) is 12.2. The molecule has 0 saturated heterocycles. The highest BCUT2D eigenvalue weighted by Crippen LogP contribution is 2.17. The molecule has 1 rings (SSSR count). The summed E-state index contributed by atoms with van der Waals surface area (Å²) in [4.78, 5) is 2.00. The third kappa shape index (κ3) is 6.88. The van der Waals surface area contributed by atoms with Crippen molar-refractivity contribution in [3.63, 3.8) is 0 Å². The smallest absolute Gasteiger partial charge is 0.148 e. The first-order valence-electron chi connectivity index (χ1n) is 6.69. The summed E-state index contributed by atoms with van der Waals surface area (Å²) in [6, 6.07) is 7.73. The Bertz CT molecular complexity index is 503. The Morgan fingerprint density at radius 3 is 2.60 bits per heavy atom. The predicted molar refractivity (Wildman–Crippen MR) is 81.7 cm³/mol. The average molecular weight is 300 g/mol. The molecule has 0 bridgehead atoms. The van der Waals surface area contributed by atoms with E-state index in [0.717, 1.165) is 24.3 Å². The van der Waals surface area contributed by atoms with Gasteiger partial charge in [-0.15, -0.1) is 0 Å². The fourth-order valence-electron chi connectivity index (χ4n) is 1.76. The van der Waals surface area contributed by atoms with Crippen LogP contribution in [0.5, 0.6) is 5.75 Å². The van der Waals surface area contributed by atoms with Crippen LogP contribution in [0, 0.1) is 0 Å². The lowest BCUT2D eigenvalue weighted by Gasteiger charge is -2.16. The minimum absolute atomic E-state index is 0.195. The maximum atomic E-state index is 11.1. The monoisotopic (exact) mass is 300 g/mol. The van der Waals surface area contributed by atoms with E-state index in [4.69, 9.17) is 10.5 Å². The molecule has 0 fully saturated rings. The van der Waals surface area contributed by atoms with Crippen molar-refractivity contribution in [1.29, 1.82) is 0 Å². The number of ether oxygens (including phenoxy) is 1. The lowest BCUT2D eigenvalue weighted by molar-refractivity contribution is 0.267. The highest BCUT2D eigenvalue weighted by molar-refractivity contribution is 7.90. The normalized spacial score (nSPS) is 11.8. The van der Waals surface area contributed by atoms with Crippen LogP contribution in [0.15, 0.2) is 24.3 Å². The van der Waals surface area contributed by atoms with Crippen molar-refractivity contribution in [1.82, 2.24) is 4.90 Å². The van der Waals surface area contributed by atoms with E-state index >= 15 is 0 Å². The summed E-state index contributed by atoms with van der Waals surface area (Å²) in [5, 5.41) is 0. The maximum Gasteiger partial charge on any atom is 0.148 e. The summed E-state index contributed by atoms with van der Waals surface area (Å²) >= 11 is 0. The molecule has 0 amide bonds. The molecule has 0 spiro atoms. The second kappa shape index (κ2) is 8.24. The topological polar surface area (TPSA) is 72.6 Å². The van der Waals surface area contributed by atoms with Crippen LogP contribution in [0.1, 0.15) is 12.0 Å². The number of benzene rings is 1. The molecule has 0 saturated carbocycles. The van der Waals surface area contributed by atoms with E-state index in [1.165, 1.54) is 6.26 Å². The van der Waals surface area contributed by atoms with Crippen molar-refractivity contribution in [3.05, 3.63) is 29.8 Å². The third-order valence-electron chi connectivity index (χ3n) is 2.98. The van der Waals surface area contributed by atoms with E-state index < -0.39 is 9.84 Å². The van der Waals surface area contributed by atoms with Gasteiger partial charge in [-0.1, -0.05) is 18.2 Å². The van der Waals surface area contributed by atoms with Crippen LogP contribution >= 0.6 is 0 Å². The predicted octanol–water partition coefficient (Wildman–Crippen LogP) is 0.891. The van der Waals surface area contributed by atoms with Crippen molar-refractivity contribution in [2.45, 2.75) is 13.0 Å². The van der Waals surface area contributed by atoms with Crippen molar-refractivity contribution >= 4 is 9.84 Å². The minimum atomic E-state index is -2.89. The van der Waals surface area contributed by atoms with Gasteiger partial charge >= 0.3 is 0 Å². The molecule has 114 valence electrons. The largest absolute Gasteiger partial charge is 0.493 e. The van der Waals surface area contributed by atoms with Crippen LogP contribution in [-0.2, 0) is 16.4 Å². The first kappa shape index (κ1) is 16.9. The molecule has 5 nitrogen and oxygen atoms in total. The number of nitrogens with zero attached hydrogens (tertiary/aromatic N) is 1. The molecule has 0 aliphatic rings. The second-order valence-corrected chi connectivity index (χ2v) is 7.21. The number of hydrogen-bond donors (Lipinski definition) is 1. The standard InChI is InChI=1S/C14H24N2O3S/c1-16(9-11-20(2,17)18)8-5-10-19-14-7-4-3-6-13(14)12-15/h3-4,6-7H,5,8-12,15H2,1-2H3. The first-order valence-corrected chi connectivity index (χ1v) is 8.75. The van der Waals surface area contributed by atoms with E-state index in [9.17, 15) is 8.42 Å². The fourth-order valence-corrected chi connectivity index (χ4v) is 2.41. The van der Waals surface area contributed by atoms with E-state index in [2.05, 4.69) is 0 Å². The van der Waals surface area contributed by atoms with Gasteiger partial charge in [-0.25, -0.2) is 8.42 Å². The highest BCUT2D eigenvalue weighted by atomic mass is 32.2. The third-order valence-corrected chi connectivity index (χ3v) is 3.90. The van der Waals surface area contributed by atoms with Crippen molar-refractivity contribution in [3.8, 4) is 5.75 Å². The lowest BCUT2D eigenvalue weighted by Crippen LogP contribution is -2.27. The van der Waals surface area contributed by atoms with Crippen molar-refractivity contribution in [2.24, 2.45) is 5.73 Å². The number of para-hydroxylation sites is 1. The summed E-state index contributed by atoms with van der Waals surface area (Å²) in [6.45, 7) is 2.42. The number of sulfone groups is 1. The van der Waals surface area contributed by atoms with Gasteiger partial charge in [0, 0.05) is 31.5 Å². The molecular weight excluding hydrogens is 276 g/mol. The summed E-state index contributed by atoms with van der Waals surface area (Å²) in [5.74, 6) is 1.02. The van der Waals surface area contributed by atoms with Gasteiger partial charge < -0.3 is 15.4 Å². The van der Waals surface area contributed by atoms with Crippen LogP contribution < -0.4 is 10.5 Å². The summed E-state index contributed by atoms with van der Waals surface area (Å²) in [7, 11) is -0.973. The molecular formula is C14H24N2O3S. The van der Waals surface area contributed by atoms with Gasteiger partial charge in [0.2, 0.25) is 0 Å². The molecule has 6 heteroatoms.